The minimum Gasteiger partial charge on any atom is -0.478 e. The number of benzene rings is 1. The van der Waals surface area contributed by atoms with E-state index in [9.17, 15) is 14.4 Å². The molecule has 0 bridgehead atoms. The van der Waals surface area contributed by atoms with Crippen LogP contribution in [0.3, 0.4) is 0 Å². The topological polar surface area (TPSA) is 86.7 Å². The number of carbonyl (C=O) groups is 3. The molecule has 0 spiro atoms. The van der Waals surface area contributed by atoms with Crippen molar-refractivity contribution in [3.63, 3.8) is 0 Å². The fourth-order valence-corrected chi connectivity index (χ4v) is 2.76. The summed E-state index contributed by atoms with van der Waals surface area (Å²) in [6.07, 6.45) is 4.91. The average molecular weight is 286 g/mol. The molecule has 1 aliphatic heterocycles. The number of carboxylic acid groups (broad SMARTS) is 1. The molecule has 21 heavy (non-hydrogen) atoms. The molecule has 1 heterocycles. The van der Waals surface area contributed by atoms with Crippen LogP contribution < -0.4 is 10.4 Å². The standard InChI is InChI=1S/C15H14N2O4/c18-13-11-6-1-2-7-12(11)14(19)17(16-13)10-5-3-4-9(8-10)15(20)21/h1-5,8,11-12H,6-7H2,(H,16,18)(H,20,21). The molecular formula is C15H14N2O4. The number of hydrogen-bond acceptors (Lipinski definition) is 3. The zero-order valence-electron chi connectivity index (χ0n) is 11.2. The van der Waals surface area contributed by atoms with Gasteiger partial charge in [0, 0.05) is 0 Å². The van der Waals surface area contributed by atoms with Crippen LogP contribution in [0, 0.1) is 11.8 Å². The van der Waals surface area contributed by atoms with Crippen molar-refractivity contribution in [2.75, 3.05) is 5.01 Å². The Kier molecular flexibility index (Phi) is 3.21. The minimum atomic E-state index is -1.08. The van der Waals surface area contributed by atoms with E-state index in [-0.39, 0.29) is 29.2 Å². The molecule has 0 saturated carbocycles. The Hall–Kier alpha value is -2.63. The molecule has 1 saturated heterocycles. The van der Waals surface area contributed by atoms with E-state index in [1.165, 1.54) is 12.1 Å². The van der Waals surface area contributed by atoms with Crippen molar-refractivity contribution >= 4 is 23.5 Å². The molecule has 2 aliphatic rings. The number of hydrogen-bond donors (Lipinski definition) is 2. The molecule has 1 fully saturated rings. The van der Waals surface area contributed by atoms with Crippen molar-refractivity contribution in [1.29, 1.82) is 0 Å². The third-order valence-corrected chi connectivity index (χ3v) is 3.88. The molecule has 6 heteroatoms. The number of anilines is 1. The Bertz CT molecular complexity index is 653. The first-order valence-corrected chi connectivity index (χ1v) is 6.71. The molecule has 6 nitrogen and oxygen atoms in total. The molecular weight excluding hydrogens is 272 g/mol. The van der Waals surface area contributed by atoms with Gasteiger partial charge in [0.2, 0.25) is 11.8 Å². The third-order valence-electron chi connectivity index (χ3n) is 3.88. The van der Waals surface area contributed by atoms with Crippen LogP contribution in [0.1, 0.15) is 23.2 Å². The minimum absolute atomic E-state index is 0.0696. The molecule has 2 N–H and O–H groups in total. The largest absolute Gasteiger partial charge is 0.478 e. The van der Waals surface area contributed by atoms with Gasteiger partial charge in [0.05, 0.1) is 23.1 Å². The Morgan fingerprint density at radius 1 is 1.19 bits per heavy atom. The van der Waals surface area contributed by atoms with Gasteiger partial charge in [0.1, 0.15) is 0 Å². The van der Waals surface area contributed by atoms with Crippen molar-refractivity contribution in [3.05, 3.63) is 42.0 Å². The predicted molar refractivity (Wildman–Crippen MR) is 74.4 cm³/mol. The van der Waals surface area contributed by atoms with Gasteiger partial charge >= 0.3 is 5.97 Å². The number of nitrogens with zero attached hydrogens (tertiary/aromatic N) is 1. The molecule has 2 atom stereocenters. The quantitative estimate of drug-likeness (QED) is 0.803. The SMILES string of the molecule is O=C(O)c1cccc(N2NC(=O)C3CC=CCC3C2=O)c1. The summed E-state index contributed by atoms with van der Waals surface area (Å²) in [5, 5.41) is 10.2. The monoisotopic (exact) mass is 286 g/mol. The molecule has 0 aromatic heterocycles. The Morgan fingerprint density at radius 2 is 1.90 bits per heavy atom. The lowest BCUT2D eigenvalue weighted by molar-refractivity contribution is -0.139. The van der Waals surface area contributed by atoms with Gasteiger partial charge in [0.15, 0.2) is 0 Å². The molecule has 3 rings (SSSR count). The summed E-state index contributed by atoms with van der Waals surface area (Å²) in [4.78, 5) is 35.6. The van der Waals surface area contributed by atoms with Crippen LogP contribution >= 0.6 is 0 Å². The first-order chi connectivity index (χ1) is 10.1. The molecule has 2 unspecified atom stereocenters. The summed E-state index contributed by atoms with van der Waals surface area (Å²) >= 11 is 0. The number of allylic oxidation sites excluding steroid dienone is 2. The second-order valence-corrected chi connectivity index (χ2v) is 5.16. The fourth-order valence-electron chi connectivity index (χ4n) is 2.76. The first kappa shape index (κ1) is 13.4. The van der Waals surface area contributed by atoms with Crippen molar-refractivity contribution in [1.82, 2.24) is 5.43 Å². The molecule has 1 aliphatic carbocycles. The number of carbonyl (C=O) groups excluding carboxylic acids is 2. The fraction of sp³-hybridized carbons (Fsp3) is 0.267. The smallest absolute Gasteiger partial charge is 0.335 e. The summed E-state index contributed by atoms with van der Waals surface area (Å²) in [6.45, 7) is 0. The van der Waals surface area contributed by atoms with E-state index in [4.69, 9.17) is 5.11 Å². The van der Waals surface area contributed by atoms with E-state index in [1.54, 1.807) is 12.1 Å². The van der Waals surface area contributed by atoms with E-state index >= 15 is 0 Å². The van der Waals surface area contributed by atoms with Gasteiger partial charge in [0.25, 0.3) is 0 Å². The van der Waals surface area contributed by atoms with Crippen LogP contribution in [0.15, 0.2) is 36.4 Å². The highest BCUT2D eigenvalue weighted by Gasteiger charge is 2.42. The molecule has 1 aromatic carbocycles. The van der Waals surface area contributed by atoms with Gasteiger partial charge in [-0.15, -0.1) is 0 Å². The van der Waals surface area contributed by atoms with Crippen LogP contribution in [0.25, 0.3) is 0 Å². The van der Waals surface area contributed by atoms with Crippen LogP contribution in [-0.4, -0.2) is 22.9 Å². The normalized spacial score (nSPS) is 24.5. The molecule has 0 radical (unpaired) electrons. The summed E-state index contributed by atoms with van der Waals surface area (Å²) < 4.78 is 0. The van der Waals surface area contributed by atoms with E-state index in [1.807, 2.05) is 12.2 Å². The lowest BCUT2D eigenvalue weighted by Gasteiger charge is -2.38. The number of aromatic carboxylic acids is 1. The lowest BCUT2D eigenvalue weighted by atomic mass is 9.80. The number of hydrazine groups is 1. The Morgan fingerprint density at radius 3 is 2.62 bits per heavy atom. The maximum Gasteiger partial charge on any atom is 0.335 e. The van der Waals surface area contributed by atoms with E-state index in [0.717, 1.165) is 5.01 Å². The maximum atomic E-state index is 12.5. The van der Waals surface area contributed by atoms with Gasteiger partial charge in [-0.3, -0.25) is 15.0 Å². The van der Waals surface area contributed by atoms with Crippen LogP contribution in [0.5, 0.6) is 0 Å². The highest BCUT2D eigenvalue weighted by Crippen LogP contribution is 2.32. The first-order valence-electron chi connectivity index (χ1n) is 6.71. The summed E-state index contributed by atoms with van der Waals surface area (Å²) in [5.41, 5.74) is 3.00. The second kappa shape index (κ2) is 5.05. The zero-order chi connectivity index (χ0) is 15.0. The average Bonchev–Trinajstić information content (AvgIpc) is 2.51. The van der Waals surface area contributed by atoms with Crippen molar-refractivity contribution < 1.29 is 19.5 Å². The summed E-state index contributed by atoms with van der Waals surface area (Å²) in [5.74, 6) is -2.19. The molecule has 2 amide bonds. The number of rotatable bonds is 2. The van der Waals surface area contributed by atoms with Crippen LogP contribution in [0.2, 0.25) is 0 Å². The van der Waals surface area contributed by atoms with Crippen molar-refractivity contribution in [3.8, 4) is 0 Å². The van der Waals surface area contributed by atoms with Crippen LogP contribution in [0.4, 0.5) is 5.69 Å². The number of nitrogens with one attached hydrogen (secondary N) is 1. The van der Waals surface area contributed by atoms with Crippen molar-refractivity contribution in [2.24, 2.45) is 11.8 Å². The Labute approximate surface area is 121 Å². The third kappa shape index (κ3) is 2.29. The summed E-state index contributed by atoms with van der Waals surface area (Å²) in [7, 11) is 0. The van der Waals surface area contributed by atoms with E-state index < -0.39 is 5.97 Å². The number of amides is 2. The molecule has 1 aromatic rings. The van der Waals surface area contributed by atoms with E-state index in [2.05, 4.69) is 5.43 Å². The van der Waals surface area contributed by atoms with E-state index in [0.29, 0.717) is 18.5 Å². The number of fused-ring (bicyclic) bond motifs is 1. The second-order valence-electron chi connectivity index (χ2n) is 5.16. The van der Waals surface area contributed by atoms with Gasteiger partial charge in [-0.1, -0.05) is 18.2 Å². The Balaban J connectivity index is 1.94. The van der Waals surface area contributed by atoms with Gasteiger partial charge in [-0.25, -0.2) is 9.80 Å². The highest BCUT2D eigenvalue weighted by atomic mass is 16.4. The van der Waals surface area contributed by atoms with Crippen molar-refractivity contribution in [2.45, 2.75) is 12.8 Å². The number of carboxylic acids is 1. The van der Waals surface area contributed by atoms with Crippen LogP contribution in [-0.2, 0) is 9.59 Å². The lowest BCUT2D eigenvalue weighted by Crippen LogP contribution is -2.59. The van der Waals surface area contributed by atoms with Gasteiger partial charge in [-0.05, 0) is 31.0 Å². The summed E-state index contributed by atoms with van der Waals surface area (Å²) in [6, 6.07) is 5.96. The zero-order valence-corrected chi connectivity index (χ0v) is 11.2. The molecule has 108 valence electrons. The predicted octanol–water partition coefficient (Wildman–Crippen LogP) is 1.34. The van der Waals surface area contributed by atoms with Gasteiger partial charge in [-0.2, -0.15) is 0 Å². The maximum absolute atomic E-state index is 12.5. The van der Waals surface area contributed by atoms with Gasteiger partial charge < -0.3 is 5.11 Å². The highest BCUT2D eigenvalue weighted by molar-refractivity contribution is 6.04.